The minimum absolute atomic E-state index is 0.0127. The molecule has 2 nitrogen and oxygen atoms in total. The summed E-state index contributed by atoms with van der Waals surface area (Å²) in [6.07, 6.45) is 0.902. The summed E-state index contributed by atoms with van der Waals surface area (Å²) >= 11 is 5.93. The summed E-state index contributed by atoms with van der Waals surface area (Å²) < 4.78 is 0. The lowest BCUT2D eigenvalue weighted by atomic mass is 9.98. The van der Waals surface area contributed by atoms with Crippen LogP contribution in [0, 0.1) is 26.7 Å². The Hall–Kier alpha value is -1.02. The van der Waals surface area contributed by atoms with Gasteiger partial charge in [0.15, 0.2) is 0 Å². The molecule has 0 heterocycles. The maximum absolute atomic E-state index is 12.4. The smallest absolute Gasteiger partial charge is 0.252 e. The fourth-order valence-corrected chi connectivity index (χ4v) is 2.73. The Morgan fingerprint density at radius 1 is 1.21 bits per heavy atom. The van der Waals surface area contributed by atoms with Crippen LogP contribution in [0.15, 0.2) is 12.1 Å². The van der Waals surface area contributed by atoms with Crippen molar-refractivity contribution >= 4 is 17.5 Å². The van der Waals surface area contributed by atoms with E-state index in [9.17, 15) is 4.79 Å². The molecule has 0 saturated heterocycles. The third-order valence-corrected chi connectivity index (χ3v) is 3.55. The van der Waals surface area contributed by atoms with Gasteiger partial charge in [-0.15, -0.1) is 11.6 Å². The molecule has 1 aromatic carbocycles. The van der Waals surface area contributed by atoms with Crippen LogP contribution in [-0.2, 0) is 0 Å². The van der Waals surface area contributed by atoms with Gasteiger partial charge in [-0.2, -0.15) is 0 Å². The van der Waals surface area contributed by atoms with Gasteiger partial charge in [-0.1, -0.05) is 31.5 Å². The molecule has 1 rings (SSSR count). The van der Waals surface area contributed by atoms with Crippen LogP contribution < -0.4 is 5.32 Å². The average Bonchev–Trinajstić information content (AvgIpc) is 2.25. The minimum atomic E-state index is -0.0127. The van der Waals surface area contributed by atoms with Crippen LogP contribution >= 0.6 is 11.6 Å². The van der Waals surface area contributed by atoms with Gasteiger partial charge in [0.05, 0.1) is 0 Å². The number of nitrogens with one attached hydrogen (secondary N) is 1. The Morgan fingerprint density at radius 2 is 1.74 bits per heavy atom. The lowest BCUT2D eigenvalue weighted by molar-refractivity contribution is 0.0935. The topological polar surface area (TPSA) is 29.1 Å². The maximum Gasteiger partial charge on any atom is 0.252 e. The van der Waals surface area contributed by atoms with Crippen molar-refractivity contribution in [3.63, 3.8) is 0 Å². The Labute approximate surface area is 121 Å². The minimum Gasteiger partial charge on any atom is -0.348 e. The molecule has 1 amide bonds. The molecule has 0 aliphatic rings. The summed E-state index contributed by atoms with van der Waals surface area (Å²) in [5.41, 5.74) is 4.01. The fraction of sp³-hybridized carbons (Fsp3) is 0.562. The average molecular weight is 282 g/mol. The summed E-state index contributed by atoms with van der Waals surface area (Å²) in [6, 6.07) is 4.12. The van der Waals surface area contributed by atoms with Gasteiger partial charge in [-0.3, -0.25) is 4.79 Å². The van der Waals surface area contributed by atoms with Gasteiger partial charge in [0.2, 0.25) is 0 Å². The second-order valence-corrected chi connectivity index (χ2v) is 6.04. The second-order valence-electron chi connectivity index (χ2n) is 5.73. The van der Waals surface area contributed by atoms with E-state index in [2.05, 4.69) is 19.2 Å². The molecule has 0 fully saturated rings. The SMILES string of the molecule is Cc1cc(C)c(C(=O)NC(CCl)CC(C)C)c(C)c1. The summed E-state index contributed by atoms with van der Waals surface area (Å²) in [5, 5.41) is 3.04. The number of hydrogen-bond donors (Lipinski definition) is 1. The number of rotatable bonds is 5. The molecule has 0 saturated carbocycles. The Bertz CT molecular complexity index is 431. The molecule has 0 aliphatic carbocycles. The fourth-order valence-electron chi connectivity index (χ4n) is 2.53. The van der Waals surface area contributed by atoms with E-state index in [0.29, 0.717) is 11.8 Å². The summed E-state index contributed by atoms with van der Waals surface area (Å²) in [4.78, 5) is 12.4. The van der Waals surface area contributed by atoms with Crippen molar-refractivity contribution in [3.8, 4) is 0 Å². The van der Waals surface area contributed by atoms with Crippen LogP contribution in [-0.4, -0.2) is 17.8 Å². The highest BCUT2D eigenvalue weighted by Gasteiger charge is 2.17. The highest BCUT2D eigenvalue weighted by molar-refractivity contribution is 6.18. The van der Waals surface area contributed by atoms with Gasteiger partial charge in [0.1, 0.15) is 0 Å². The largest absolute Gasteiger partial charge is 0.348 e. The van der Waals surface area contributed by atoms with E-state index in [0.717, 1.165) is 23.1 Å². The molecule has 1 atom stereocenters. The van der Waals surface area contributed by atoms with E-state index in [1.807, 2.05) is 32.9 Å². The van der Waals surface area contributed by atoms with Crippen LogP contribution in [0.5, 0.6) is 0 Å². The predicted octanol–water partition coefficient (Wildman–Crippen LogP) is 4.00. The molecule has 0 aliphatic heterocycles. The zero-order valence-corrected chi connectivity index (χ0v) is 13.3. The van der Waals surface area contributed by atoms with E-state index >= 15 is 0 Å². The number of alkyl halides is 1. The van der Waals surface area contributed by atoms with Crippen LogP contribution in [0.3, 0.4) is 0 Å². The predicted molar refractivity (Wildman–Crippen MR) is 82.1 cm³/mol. The van der Waals surface area contributed by atoms with Gasteiger partial charge < -0.3 is 5.32 Å². The highest BCUT2D eigenvalue weighted by Crippen LogP contribution is 2.17. The van der Waals surface area contributed by atoms with Crippen molar-refractivity contribution < 1.29 is 4.79 Å². The van der Waals surface area contributed by atoms with Gasteiger partial charge in [0, 0.05) is 17.5 Å². The normalized spacial score (nSPS) is 12.6. The van der Waals surface area contributed by atoms with Crippen molar-refractivity contribution in [2.24, 2.45) is 5.92 Å². The van der Waals surface area contributed by atoms with E-state index in [-0.39, 0.29) is 11.9 Å². The van der Waals surface area contributed by atoms with Crippen LogP contribution in [0.2, 0.25) is 0 Å². The van der Waals surface area contributed by atoms with Crippen molar-refractivity contribution in [2.45, 2.75) is 47.1 Å². The third-order valence-electron chi connectivity index (χ3n) is 3.18. The van der Waals surface area contributed by atoms with Crippen molar-refractivity contribution in [1.29, 1.82) is 0 Å². The molecule has 106 valence electrons. The van der Waals surface area contributed by atoms with Crippen LogP contribution in [0.25, 0.3) is 0 Å². The standard InChI is InChI=1S/C16H24ClNO/c1-10(2)6-14(9-17)18-16(19)15-12(4)7-11(3)8-13(15)5/h7-8,10,14H,6,9H2,1-5H3,(H,18,19). The molecular formula is C16H24ClNO. The molecule has 1 unspecified atom stereocenters. The number of aryl methyl sites for hydroxylation is 3. The monoisotopic (exact) mass is 281 g/mol. The zero-order chi connectivity index (χ0) is 14.6. The Kier molecular flexibility index (Phi) is 5.86. The first kappa shape index (κ1) is 16.0. The summed E-state index contributed by atoms with van der Waals surface area (Å²) in [7, 11) is 0. The van der Waals surface area contributed by atoms with Crippen LogP contribution in [0.1, 0.15) is 47.3 Å². The second kappa shape index (κ2) is 6.95. The number of carbonyl (C=O) groups excluding carboxylic acids is 1. The van der Waals surface area contributed by atoms with Crippen molar-refractivity contribution in [1.82, 2.24) is 5.32 Å². The van der Waals surface area contributed by atoms with Crippen LogP contribution in [0.4, 0.5) is 0 Å². The van der Waals surface area contributed by atoms with Crippen molar-refractivity contribution in [2.75, 3.05) is 5.88 Å². The molecule has 19 heavy (non-hydrogen) atoms. The quantitative estimate of drug-likeness (QED) is 0.812. The molecule has 1 N–H and O–H groups in total. The summed E-state index contributed by atoms with van der Waals surface area (Å²) in [6.45, 7) is 10.3. The molecule has 1 aromatic rings. The third kappa shape index (κ3) is 4.54. The number of hydrogen-bond acceptors (Lipinski definition) is 1. The van der Waals surface area contributed by atoms with Gasteiger partial charge in [-0.05, 0) is 44.2 Å². The zero-order valence-electron chi connectivity index (χ0n) is 12.5. The number of carbonyl (C=O) groups is 1. The van der Waals surface area contributed by atoms with Crippen molar-refractivity contribution in [3.05, 3.63) is 34.4 Å². The van der Waals surface area contributed by atoms with E-state index < -0.39 is 0 Å². The molecule has 0 aromatic heterocycles. The number of halogens is 1. The highest BCUT2D eigenvalue weighted by atomic mass is 35.5. The molecule has 0 bridgehead atoms. The Morgan fingerprint density at radius 3 is 2.16 bits per heavy atom. The molecule has 0 spiro atoms. The number of amides is 1. The van der Waals surface area contributed by atoms with Gasteiger partial charge >= 0.3 is 0 Å². The van der Waals surface area contributed by atoms with Gasteiger partial charge in [0.25, 0.3) is 5.91 Å². The molecular weight excluding hydrogens is 258 g/mol. The molecule has 0 radical (unpaired) electrons. The molecule has 3 heteroatoms. The first-order valence-electron chi connectivity index (χ1n) is 6.79. The van der Waals surface area contributed by atoms with E-state index in [1.165, 1.54) is 5.56 Å². The Balaban J connectivity index is 2.89. The summed E-state index contributed by atoms with van der Waals surface area (Å²) in [5.74, 6) is 0.957. The van der Waals surface area contributed by atoms with Gasteiger partial charge in [-0.25, -0.2) is 0 Å². The lowest BCUT2D eigenvalue weighted by Gasteiger charge is -2.19. The maximum atomic E-state index is 12.4. The van der Waals surface area contributed by atoms with E-state index in [4.69, 9.17) is 11.6 Å². The van der Waals surface area contributed by atoms with E-state index in [1.54, 1.807) is 0 Å². The number of benzene rings is 1. The first-order chi connectivity index (χ1) is 8.85. The first-order valence-corrected chi connectivity index (χ1v) is 7.33. The lowest BCUT2D eigenvalue weighted by Crippen LogP contribution is -2.37.